The molecule has 1 saturated carbocycles. The van der Waals surface area contributed by atoms with E-state index in [-0.39, 0.29) is 11.9 Å². The molecule has 2 fully saturated rings. The first-order chi connectivity index (χ1) is 9.78. The molecule has 2 aliphatic rings. The van der Waals surface area contributed by atoms with E-state index in [0.717, 1.165) is 30.5 Å². The third-order valence-corrected chi connectivity index (χ3v) is 4.72. The summed E-state index contributed by atoms with van der Waals surface area (Å²) in [7, 11) is 0. The van der Waals surface area contributed by atoms with Crippen molar-refractivity contribution in [1.82, 2.24) is 10.2 Å². The van der Waals surface area contributed by atoms with Crippen molar-refractivity contribution in [3.8, 4) is 0 Å². The van der Waals surface area contributed by atoms with Gasteiger partial charge in [0.25, 0.3) is 0 Å². The highest BCUT2D eigenvalue weighted by molar-refractivity contribution is 5.21. The molecule has 1 N–H and O–H groups in total. The van der Waals surface area contributed by atoms with Gasteiger partial charge in [0.2, 0.25) is 0 Å². The van der Waals surface area contributed by atoms with Gasteiger partial charge in [-0.05, 0) is 50.8 Å². The molecule has 1 heterocycles. The number of likely N-dealkylation sites (tertiary alicyclic amines) is 1. The van der Waals surface area contributed by atoms with Crippen molar-refractivity contribution in [2.24, 2.45) is 5.92 Å². The Hall–Kier alpha value is -0.930. The second kappa shape index (κ2) is 6.23. The first-order valence-electron chi connectivity index (χ1n) is 7.99. The zero-order chi connectivity index (χ0) is 13.9. The van der Waals surface area contributed by atoms with Crippen LogP contribution in [0.4, 0.5) is 4.39 Å². The van der Waals surface area contributed by atoms with Crippen LogP contribution in [0.25, 0.3) is 0 Å². The van der Waals surface area contributed by atoms with Crippen molar-refractivity contribution in [1.29, 1.82) is 0 Å². The van der Waals surface area contributed by atoms with E-state index in [9.17, 15) is 4.39 Å². The molecule has 1 aliphatic heterocycles. The summed E-state index contributed by atoms with van der Waals surface area (Å²) >= 11 is 0. The number of benzene rings is 1. The van der Waals surface area contributed by atoms with Crippen LogP contribution in [0.3, 0.4) is 0 Å². The van der Waals surface area contributed by atoms with Crippen molar-refractivity contribution < 1.29 is 4.39 Å². The van der Waals surface area contributed by atoms with Crippen LogP contribution in [-0.2, 0) is 0 Å². The third kappa shape index (κ3) is 3.21. The highest BCUT2D eigenvalue weighted by Crippen LogP contribution is 2.31. The Morgan fingerprint density at radius 2 is 2.10 bits per heavy atom. The minimum absolute atomic E-state index is 0.0853. The fourth-order valence-corrected chi connectivity index (χ4v) is 3.34. The summed E-state index contributed by atoms with van der Waals surface area (Å²) in [6.45, 7) is 5.62. The molecule has 1 aliphatic carbocycles. The summed E-state index contributed by atoms with van der Waals surface area (Å²) in [5.41, 5.74) is 0.812. The van der Waals surface area contributed by atoms with Gasteiger partial charge in [0.15, 0.2) is 0 Å². The Kier molecular flexibility index (Phi) is 4.37. The molecule has 110 valence electrons. The van der Waals surface area contributed by atoms with Crippen LogP contribution in [0.2, 0.25) is 0 Å². The van der Waals surface area contributed by atoms with Crippen molar-refractivity contribution >= 4 is 0 Å². The molecule has 2 unspecified atom stereocenters. The average molecular weight is 276 g/mol. The second-order valence-electron chi connectivity index (χ2n) is 6.27. The van der Waals surface area contributed by atoms with Crippen LogP contribution >= 0.6 is 0 Å². The van der Waals surface area contributed by atoms with Gasteiger partial charge in [0.1, 0.15) is 5.82 Å². The van der Waals surface area contributed by atoms with Gasteiger partial charge in [0, 0.05) is 24.2 Å². The fourth-order valence-electron chi connectivity index (χ4n) is 3.34. The molecule has 0 aromatic heterocycles. The lowest BCUT2D eigenvalue weighted by Crippen LogP contribution is -2.30. The number of halogens is 1. The van der Waals surface area contributed by atoms with Gasteiger partial charge in [0.05, 0.1) is 0 Å². The highest BCUT2D eigenvalue weighted by atomic mass is 19.1. The number of hydrogen-bond acceptors (Lipinski definition) is 2. The van der Waals surface area contributed by atoms with Gasteiger partial charge in [-0.15, -0.1) is 0 Å². The Balaban J connectivity index is 1.52. The zero-order valence-corrected chi connectivity index (χ0v) is 12.3. The monoisotopic (exact) mass is 276 g/mol. The summed E-state index contributed by atoms with van der Waals surface area (Å²) in [6.07, 6.45) is 5.01. The van der Waals surface area contributed by atoms with E-state index in [2.05, 4.69) is 17.1 Å². The Labute approximate surface area is 121 Å². The number of nitrogens with one attached hydrogen (secondary N) is 1. The van der Waals surface area contributed by atoms with Gasteiger partial charge >= 0.3 is 0 Å². The summed E-state index contributed by atoms with van der Waals surface area (Å²) in [4.78, 5) is 2.64. The molecule has 3 rings (SSSR count). The van der Waals surface area contributed by atoms with Crippen molar-refractivity contribution in [2.45, 2.75) is 44.7 Å². The second-order valence-corrected chi connectivity index (χ2v) is 6.27. The predicted octanol–water partition coefficient (Wildman–Crippen LogP) is 3.35. The summed E-state index contributed by atoms with van der Waals surface area (Å²) in [5, 5.41) is 3.58. The Morgan fingerprint density at radius 1 is 1.30 bits per heavy atom. The van der Waals surface area contributed by atoms with E-state index in [1.165, 1.54) is 32.4 Å². The van der Waals surface area contributed by atoms with E-state index in [1.807, 2.05) is 12.1 Å². The van der Waals surface area contributed by atoms with Gasteiger partial charge in [-0.2, -0.15) is 0 Å². The summed E-state index contributed by atoms with van der Waals surface area (Å²) < 4.78 is 13.9. The van der Waals surface area contributed by atoms with Crippen molar-refractivity contribution in [2.75, 3.05) is 19.6 Å². The molecule has 1 saturated heterocycles. The maximum Gasteiger partial charge on any atom is 0.127 e. The molecule has 0 bridgehead atoms. The molecular weight excluding hydrogens is 251 g/mol. The largest absolute Gasteiger partial charge is 0.310 e. The van der Waals surface area contributed by atoms with Crippen molar-refractivity contribution in [3.05, 3.63) is 35.6 Å². The molecule has 2 nitrogen and oxygen atoms in total. The van der Waals surface area contributed by atoms with E-state index >= 15 is 0 Å². The first kappa shape index (κ1) is 14.0. The molecule has 0 spiro atoms. The first-order valence-corrected chi connectivity index (χ1v) is 7.99. The summed E-state index contributed by atoms with van der Waals surface area (Å²) in [6, 6.07) is 8.18. The van der Waals surface area contributed by atoms with E-state index in [1.54, 1.807) is 12.1 Å². The van der Waals surface area contributed by atoms with Crippen LogP contribution in [-0.4, -0.2) is 30.6 Å². The maximum absolute atomic E-state index is 13.9. The molecule has 2 atom stereocenters. The van der Waals surface area contributed by atoms with E-state index in [4.69, 9.17) is 0 Å². The number of rotatable bonds is 6. The van der Waals surface area contributed by atoms with Crippen LogP contribution in [0.5, 0.6) is 0 Å². The standard InChI is InChI=1S/C17H25FN2/c1-2-17(15-5-3-4-6-16(15)18)19-11-13-9-10-20(12-13)14-7-8-14/h3-6,13-14,17,19H,2,7-12H2,1H3. The van der Waals surface area contributed by atoms with Crippen LogP contribution in [0.15, 0.2) is 24.3 Å². The highest BCUT2D eigenvalue weighted by Gasteiger charge is 2.34. The van der Waals surface area contributed by atoms with Gasteiger partial charge in [-0.25, -0.2) is 4.39 Å². The molecular formula is C17H25FN2. The Morgan fingerprint density at radius 3 is 2.80 bits per heavy atom. The lowest BCUT2D eigenvalue weighted by atomic mass is 10.0. The maximum atomic E-state index is 13.9. The summed E-state index contributed by atoms with van der Waals surface area (Å²) in [5.74, 6) is 0.648. The Bertz CT molecular complexity index is 444. The minimum atomic E-state index is -0.0853. The average Bonchev–Trinajstić information content (AvgIpc) is 3.21. The van der Waals surface area contributed by atoms with Crippen LogP contribution in [0.1, 0.15) is 44.2 Å². The topological polar surface area (TPSA) is 15.3 Å². The minimum Gasteiger partial charge on any atom is -0.310 e. The van der Waals surface area contributed by atoms with Crippen LogP contribution in [0, 0.1) is 11.7 Å². The quantitative estimate of drug-likeness (QED) is 0.857. The smallest absolute Gasteiger partial charge is 0.127 e. The van der Waals surface area contributed by atoms with Crippen LogP contribution < -0.4 is 5.32 Å². The third-order valence-electron chi connectivity index (χ3n) is 4.72. The van der Waals surface area contributed by atoms with Gasteiger partial charge in [-0.1, -0.05) is 25.1 Å². The van der Waals surface area contributed by atoms with E-state index < -0.39 is 0 Å². The molecule has 3 heteroatoms. The lowest BCUT2D eigenvalue weighted by molar-refractivity contribution is 0.308. The normalized spacial score (nSPS) is 25.0. The SMILES string of the molecule is CCC(NCC1CCN(C2CC2)C1)c1ccccc1F. The molecule has 1 aromatic carbocycles. The zero-order valence-electron chi connectivity index (χ0n) is 12.3. The molecule has 0 amide bonds. The number of hydrogen-bond donors (Lipinski definition) is 1. The molecule has 1 aromatic rings. The van der Waals surface area contributed by atoms with E-state index in [0.29, 0.717) is 0 Å². The fraction of sp³-hybridized carbons (Fsp3) is 0.647. The van der Waals surface area contributed by atoms with Gasteiger partial charge < -0.3 is 10.2 Å². The molecule has 0 radical (unpaired) electrons. The van der Waals surface area contributed by atoms with Gasteiger partial charge in [-0.3, -0.25) is 0 Å². The lowest BCUT2D eigenvalue weighted by Gasteiger charge is -2.21. The molecule has 20 heavy (non-hydrogen) atoms. The number of nitrogens with zero attached hydrogens (tertiary/aromatic N) is 1. The van der Waals surface area contributed by atoms with Crippen molar-refractivity contribution in [3.63, 3.8) is 0 Å². The predicted molar refractivity (Wildman–Crippen MR) is 80.1 cm³/mol.